The largest absolute Gasteiger partial charge is 0.465 e. The summed E-state index contributed by atoms with van der Waals surface area (Å²) in [6.45, 7) is 8.23. The molecular weight excluding hydrogens is 730 g/mol. The van der Waals surface area contributed by atoms with Crippen molar-refractivity contribution in [1.82, 2.24) is 20.4 Å². The third-order valence-electron chi connectivity index (χ3n) is 12.1. The molecular formula is C43H73N5O9. The van der Waals surface area contributed by atoms with Crippen LogP contribution in [0.5, 0.6) is 0 Å². The highest BCUT2D eigenvalue weighted by Crippen LogP contribution is 2.46. The first kappa shape index (κ1) is 48.7. The molecule has 0 radical (unpaired) electrons. The molecule has 4 fully saturated rings. The van der Waals surface area contributed by atoms with Gasteiger partial charge in [0, 0.05) is 38.8 Å². The van der Waals surface area contributed by atoms with Gasteiger partial charge in [-0.3, -0.25) is 14.5 Å². The van der Waals surface area contributed by atoms with Gasteiger partial charge in [0.25, 0.3) is 6.47 Å². The molecule has 1 amide bonds. The summed E-state index contributed by atoms with van der Waals surface area (Å²) in [7, 11) is 1.92. The van der Waals surface area contributed by atoms with E-state index in [2.05, 4.69) is 52.8 Å². The fraction of sp³-hybridized carbons (Fsp3) is 0.791. The average Bonchev–Trinajstić information content (AvgIpc) is 3.89. The number of carbonyl (C=O) groups is 2. The van der Waals surface area contributed by atoms with E-state index < -0.39 is 18.3 Å². The number of amides is 1. The predicted octanol–water partition coefficient (Wildman–Crippen LogP) is 2.62. The Morgan fingerprint density at radius 2 is 1.63 bits per heavy atom. The molecule has 1 aromatic carbocycles. The first-order valence-electron chi connectivity index (χ1n) is 21.3. The van der Waals surface area contributed by atoms with Crippen LogP contribution in [0.15, 0.2) is 24.3 Å². The van der Waals surface area contributed by atoms with Crippen molar-refractivity contribution < 1.29 is 44.6 Å². The van der Waals surface area contributed by atoms with E-state index in [1.54, 1.807) is 4.90 Å². The number of nitrogens with zero attached hydrogens (tertiary/aromatic N) is 3. The number of benzene rings is 1. The molecule has 1 aromatic rings. The van der Waals surface area contributed by atoms with Crippen molar-refractivity contribution in [3.8, 4) is 6.07 Å². The molecule has 2 saturated carbocycles. The second kappa shape index (κ2) is 26.4. The first-order valence-corrected chi connectivity index (χ1v) is 21.3. The molecule has 4 unspecified atom stereocenters. The number of hydrogen-bond acceptors (Lipinski definition) is 13. The van der Waals surface area contributed by atoms with Crippen LogP contribution in [0.25, 0.3) is 0 Å². The molecule has 14 nitrogen and oxygen atoms in total. The quantitative estimate of drug-likeness (QED) is 0.0562. The van der Waals surface area contributed by atoms with Gasteiger partial charge in [-0.05, 0) is 107 Å². The van der Waals surface area contributed by atoms with Crippen LogP contribution < -0.4 is 10.6 Å². The Morgan fingerprint density at radius 3 is 2.19 bits per heavy atom. The minimum Gasteiger partial charge on any atom is -0.465 e. The van der Waals surface area contributed by atoms with Gasteiger partial charge in [-0.15, -0.1) is 0 Å². The van der Waals surface area contributed by atoms with Gasteiger partial charge >= 0.3 is 0 Å². The van der Waals surface area contributed by atoms with Crippen LogP contribution in [-0.4, -0.2) is 144 Å². The number of fused-ring (bicyclic) bond motifs is 1. The number of aliphatic hydroxyl groups is 5. The van der Waals surface area contributed by atoms with Crippen LogP contribution >= 0.6 is 0 Å². The number of nitrogens with one attached hydrogen (secondary N) is 2. The van der Waals surface area contributed by atoms with Gasteiger partial charge in [0.15, 0.2) is 0 Å². The van der Waals surface area contributed by atoms with Crippen LogP contribution in [-0.2, 0) is 32.2 Å². The van der Waals surface area contributed by atoms with E-state index in [1.807, 2.05) is 7.05 Å². The highest BCUT2D eigenvalue weighted by Gasteiger charge is 2.51. The summed E-state index contributed by atoms with van der Waals surface area (Å²) in [5.41, 5.74) is 2.84. The zero-order valence-electron chi connectivity index (χ0n) is 34.6. The Labute approximate surface area is 340 Å². The second-order valence-corrected chi connectivity index (χ2v) is 16.7. The lowest BCUT2D eigenvalue weighted by Crippen LogP contribution is -2.57. The summed E-state index contributed by atoms with van der Waals surface area (Å²) in [4.78, 5) is 24.4. The highest BCUT2D eigenvalue weighted by atomic mass is 16.6. The van der Waals surface area contributed by atoms with Crippen molar-refractivity contribution in [2.75, 3.05) is 59.7 Å². The number of aliphatic hydroxyl groups excluding tert-OH is 5. The molecule has 5 rings (SSSR count). The van der Waals surface area contributed by atoms with Crippen molar-refractivity contribution in [2.24, 2.45) is 11.3 Å². The van der Waals surface area contributed by atoms with Crippen LogP contribution in [0, 0.1) is 22.7 Å². The molecule has 2 aliphatic heterocycles. The zero-order valence-corrected chi connectivity index (χ0v) is 34.6. The molecule has 0 spiro atoms. The Balaban J connectivity index is 0.000000255. The van der Waals surface area contributed by atoms with Gasteiger partial charge < -0.3 is 50.5 Å². The number of piperidine rings is 1. The minimum absolute atomic E-state index is 0.0304. The normalized spacial score (nSPS) is 22.9. The van der Waals surface area contributed by atoms with Gasteiger partial charge in [0.05, 0.1) is 49.8 Å². The SMILES string of the molecule is CCC1(CC2(OCCOC=O)CCCCC2)CNC1.CNCc1ccc(CN(CCCCC(O)CO)C[C@@H](O)CCC(O)CO)cc1.N#CC1C[C@@H]2CC2N1C=O. The summed E-state index contributed by atoms with van der Waals surface area (Å²) < 4.78 is 10.9. The van der Waals surface area contributed by atoms with Crippen molar-refractivity contribution >= 4 is 12.9 Å². The molecule has 14 heteroatoms. The number of carbonyl (C=O) groups excluding carboxylic acids is 2. The smallest absolute Gasteiger partial charge is 0.293 e. The zero-order chi connectivity index (χ0) is 41.5. The first-order chi connectivity index (χ1) is 27.6. The molecule has 0 bridgehead atoms. The molecule has 2 heterocycles. The predicted molar refractivity (Wildman–Crippen MR) is 218 cm³/mol. The number of rotatable bonds is 25. The highest BCUT2D eigenvalue weighted by molar-refractivity contribution is 5.52. The molecule has 0 aromatic heterocycles. The summed E-state index contributed by atoms with van der Waals surface area (Å²) in [5, 5.41) is 62.2. The minimum atomic E-state index is -0.789. The third kappa shape index (κ3) is 17.2. The number of hydrogen-bond donors (Lipinski definition) is 7. The van der Waals surface area contributed by atoms with Crippen molar-refractivity contribution in [2.45, 2.75) is 146 Å². The van der Waals surface area contributed by atoms with Gasteiger partial charge in [0.1, 0.15) is 12.6 Å². The Morgan fingerprint density at radius 1 is 0.965 bits per heavy atom. The number of ether oxygens (including phenoxy) is 2. The van der Waals surface area contributed by atoms with E-state index in [0.717, 1.165) is 83.1 Å². The van der Waals surface area contributed by atoms with Crippen LogP contribution in [0.3, 0.4) is 0 Å². The van der Waals surface area contributed by atoms with Gasteiger partial charge in [0.2, 0.25) is 6.41 Å². The fourth-order valence-corrected chi connectivity index (χ4v) is 8.48. The van der Waals surface area contributed by atoms with E-state index in [4.69, 9.17) is 24.9 Å². The molecule has 2 saturated heterocycles. The third-order valence-corrected chi connectivity index (χ3v) is 12.1. The Bertz CT molecular complexity index is 1290. The molecule has 7 N–H and O–H groups in total. The lowest BCUT2D eigenvalue weighted by atomic mass is 9.67. The fourth-order valence-electron chi connectivity index (χ4n) is 8.48. The van der Waals surface area contributed by atoms with E-state index in [1.165, 1.54) is 31.2 Å². The second-order valence-electron chi connectivity index (χ2n) is 16.7. The van der Waals surface area contributed by atoms with Crippen molar-refractivity contribution in [3.63, 3.8) is 0 Å². The van der Waals surface area contributed by atoms with Crippen LogP contribution in [0.1, 0.15) is 108 Å². The van der Waals surface area contributed by atoms with E-state index in [0.29, 0.717) is 69.4 Å². The molecule has 2 aliphatic carbocycles. The molecule has 6 atom stereocenters. The molecule has 4 aliphatic rings. The lowest BCUT2D eigenvalue weighted by molar-refractivity contribution is -0.139. The maximum atomic E-state index is 10.4. The van der Waals surface area contributed by atoms with E-state index in [9.17, 15) is 24.9 Å². The van der Waals surface area contributed by atoms with Crippen LogP contribution in [0.2, 0.25) is 0 Å². The van der Waals surface area contributed by atoms with E-state index >= 15 is 0 Å². The number of likely N-dealkylation sites (tertiary alicyclic amines) is 1. The van der Waals surface area contributed by atoms with Gasteiger partial charge in [-0.25, -0.2) is 0 Å². The standard InChI is InChI=1S/C21H38N2O5.C15H27NO3.C7H8N2O/c1-22-12-17-5-7-18(8-6-17)13-23(11-3-2-4-20(27)15-24)14-19(26)9-10-21(28)16-25;1-2-14(11-16-12-14)10-15(6-4-3-5-7-15)19-9-8-18-13-17;8-3-6-1-5-2-7(5)9(6)4-10/h5-8,19-22,24-28H,2-4,9-16H2,1H3;13,16H,2-12H2,1H3;4-7H,1-2H2/t19-,20?,21?;;5-,6?,7?/m0.1/s1. The lowest BCUT2D eigenvalue weighted by Gasteiger charge is -2.50. The maximum absolute atomic E-state index is 10.4. The Kier molecular flexibility index (Phi) is 22.5. The van der Waals surface area contributed by atoms with Gasteiger partial charge in [-0.1, -0.05) is 50.5 Å². The summed E-state index contributed by atoms with van der Waals surface area (Å²) >= 11 is 0. The summed E-state index contributed by atoms with van der Waals surface area (Å²) in [6, 6.07) is 10.8. The van der Waals surface area contributed by atoms with Crippen LogP contribution in [0.4, 0.5) is 0 Å². The topological polar surface area (TPSA) is 208 Å². The summed E-state index contributed by atoms with van der Waals surface area (Å²) in [6.07, 6.45) is 12.4. The maximum Gasteiger partial charge on any atom is 0.293 e. The molecule has 57 heavy (non-hydrogen) atoms. The van der Waals surface area contributed by atoms with E-state index in [-0.39, 0.29) is 24.9 Å². The summed E-state index contributed by atoms with van der Waals surface area (Å²) in [5.74, 6) is 0.648. The monoisotopic (exact) mass is 804 g/mol. The Hall–Kier alpha value is -2.71. The van der Waals surface area contributed by atoms with Crippen molar-refractivity contribution in [1.29, 1.82) is 5.26 Å². The van der Waals surface area contributed by atoms with Gasteiger partial charge in [-0.2, -0.15) is 5.26 Å². The molecule has 324 valence electrons. The number of unbranched alkanes of at least 4 members (excludes halogenated alkanes) is 1. The average molecular weight is 804 g/mol. The number of nitriles is 1. The van der Waals surface area contributed by atoms with Crippen molar-refractivity contribution in [3.05, 3.63) is 35.4 Å².